The number of benzene rings is 1. The fourth-order valence-electron chi connectivity index (χ4n) is 1.96. The van der Waals surface area contributed by atoms with Crippen LogP contribution in [0.15, 0.2) is 18.2 Å². The van der Waals surface area contributed by atoms with E-state index >= 15 is 0 Å². The Hall–Kier alpha value is -0.930. The summed E-state index contributed by atoms with van der Waals surface area (Å²) in [7, 11) is 0. The van der Waals surface area contributed by atoms with Crippen LogP contribution in [0.3, 0.4) is 0 Å². The summed E-state index contributed by atoms with van der Waals surface area (Å²) in [5, 5.41) is 3.86. The van der Waals surface area contributed by atoms with Crippen LogP contribution in [0.2, 0.25) is 10.0 Å². The summed E-state index contributed by atoms with van der Waals surface area (Å²) in [6.07, 6.45) is 3.27. The predicted molar refractivity (Wildman–Crippen MR) is 88.3 cm³/mol. The first kappa shape index (κ1) is 18.1. The number of carbonyl (C=O) groups is 1. The van der Waals surface area contributed by atoms with Gasteiger partial charge in [-0.25, -0.2) is 0 Å². The highest BCUT2D eigenvalue weighted by Crippen LogP contribution is 2.27. The van der Waals surface area contributed by atoms with E-state index in [9.17, 15) is 4.79 Å². The van der Waals surface area contributed by atoms with E-state index in [2.05, 4.69) is 19.2 Å². The quantitative estimate of drug-likeness (QED) is 0.749. The lowest BCUT2D eigenvalue weighted by molar-refractivity contribution is -0.123. The molecular weight excluding hydrogens is 309 g/mol. The molecule has 1 unspecified atom stereocenters. The van der Waals surface area contributed by atoms with Crippen LogP contribution >= 0.6 is 23.2 Å². The van der Waals surface area contributed by atoms with E-state index in [0.29, 0.717) is 21.7 Å². The first-order chi connectivity index (χ1) is 9.88. The third kappa shape index (κ3) is 7.58. The molecule has 0 heterocycles. The molecule has 0 bridgehead atoms. The van der Waals surface area contributed by atoms with Gasteiger partial charge in [-0.2, -0.15) is 0 Å². The molecule has 0 fully saturated rings. The minimum atomic E-state index is -0.141. The van der Waals surface area contributed by atoms with Crippen LogP contribution in [0.5, 0.6) is 5.75 Å². The average Bonchev–Trinajstić information content (AvgIpc) is 2.37. The van der Waals surface area contributed by atoms with Crippen molar-refractivity contribution in [2.45, 2.75) is 46.1 Å². The van der Waals surface area contributed by atoms with Crippen molar-refractivity contribution in [1.82, 2.24) is 5.32 Å². The Labute approximate surface area is 137 Å². The Balaban J connectivity index is 2.30. The Bertz CT molecular complexity index is 464. The number of carbonyl (C=O) groups excluding carboxylic acids is 1. The molecule has 0 aromatic heterocycles. The predicted octanol–water partition coefficient (Wildman–Crippen LogP) is 4.70. The molecule has 0 aliphatic rings. The molecule has 0 saturated heterocycles. The molecule has 0 saturated carbocycles. The highest BCUT2D eigenvalue weighted by atomic mass is 35.5. The van der Waals surface area contributed by atoms with Crippen molar-refractivity contribution in [3.8, 4) is 5.75 Å². The number of rotatable bonds is 8. The minimum Gasteiger partial charge on any atom is -0.482 e. The second-order valence-corrected chi connectivity index (χ2v) is 6.50. The smallest absolute Gasteiger partial charge is 0.258 e. The van der Waals surface area contributed by atoms with E-state index in [1.807, 2.05) is 6.92 Å². The lowest BCUT2D eigenvalue weighted by Gasteiger charge is -2.15. The normalized spacial score (nSPS) is 12.3. The lowest BCUT2D eigenvalue weighted by Crippen LogP contribution is -2.36. The molecule has 0 radical (unpaired) electrons. The first-order valence-electron chi connectivity index (χ1n) is 7.25. The zero-order chi connectivity index (χ0) is 15.8. The van der Waals surface area contributed by atoms with Crippen LogP contribution in [0.1, 0.15) is 40.0 Å². The highest BCUT2D eigenvalue weighted by molar-refractivity contribution is 6.35. The van der Waals surface area contributed by atoms with Crippen molar-refractivity contribution in [3.05, 3.63) is 28.2 Å². The Morgan fingerprint density at radius 1 is 1.24 bits per heavy atom. The fourth-order valence-corrected chi connectivity index (χ4v) is 2.42. The number of amides is 1. The van der Waals surface area contributed by atoms with Gasteiger partial charge in [0.1, 0.15) is 5.75 Å². The molecular formula is C16H23Cl2NO2. The van der Waals surface area contributed by atoms with Crippen molar-refractivity contribution in [2.24, 2.45) is 5.92 Å². The summed E-state index contributed by atoms with van der Waals surface area (Å²) in [4.78, 5) is 11.8. The number of nitrogens with one attached hydrogen (secondary N) is 1. The van der Waals surface area contributed by atoms with Crippen molar-refractivity contribution in [3.63, 3.8) is 0 Å². The Kier molecular flexibility index (Phi) is 7.91. The summed E-state index contributed by atoms with van der Waals surface area (Å²) in [6.45, 7) is 6.36. The third-order valence-corrected chi connectivity index (χ3v) is 3.61. The van der Waals surface area contributed by atoms with Crippen molar-refractivity contribution in [2.75, 3.05) is 6.61 Å². The largest absolute Gasteiger partial charge is 0.482 e. The number of hydrogen-bond acceptors (Lipinski definition) is 2. The standard InChI is InChI=1S/C16H23Cl2NO2/c1-11(2)5-4-6-12(3)19-16(20)10-21-15-8-7-13(17)9-14(15)18/h7-9,11-12H,4-6,10H2,1-3H3,(H,19,20). The van der Waals surface area contributed by atoms with Crippen molar-refractivity contribution >= 4 is 29.1 Å². The summed E-state index contributed by atoms with van der Waals surface area (Å²) < 4.78 is 5.39. The van der Waals surface area contributed by atoms with Gasteiger partial charge in [-0.15, -0.1) is 0 Å². The Morgan fingerprint density at radius 2 is 1.95 bits per heavy atom. The molecule has 1 aromatic rings. The molecule has 118 valence electrons. The third-order valence-electron chi connectivity index (χ3n) is 3.08. The van der Waals surface area contributed by atoms with Gasteiger partial charge >= 0.3 is 0 Å². The van der Waals surface area contributed by atoms with Crippen molar-refractivity contribution in [1.29, 1.82) is 0 Å². The van der Waals surface area contributed by atoms with Crippen LogP contribution in [0.4, 0.5) is 0 Å². The van der Waals surface area contributed by atoms with Gasteiger partial charge in [-0.1, -0.05) is 49.9 Å². The maximum atomic E-state index is 11.8. The summed E-state index contributed by atoms with van der Waals surface area (Å²) >= 11 is 11.8. The van der Waals surface area contributed by atoms with E-state index in [1.165, 1.54) is 6.42 Å². The SMILES string of the molecule is CC(C)CCCC(C)NC(=O)COc1ccc(Cl)cc1Cl. The summed E-state index contributed by atoms with van der Waals surface area (Å²) in [5.41, 5.74) is 0. The Morgan fingerprint density at radius 3 is 2.57 bits per heavy atom. The zero-order valence-corrected chi connectivity index (χ0v) is 14.3. The molecule has 21 heavy (non-hydrogen) atoms. The van der Waals surface area contributed by atoms with Gasteiger partial charge in [-0.3, -0.25) is 4.79 Å². The molecule has 0 aliphatic carbocycles. The average molecular weight is 332 g/mol. The van der Waals surface area contributed by atoms with E-state index in [1.54, 1.807) is 18.2 Å². The van der Waals surface area contributed by atoms with Gasteiger partial charge in [-0.05, 0) is 37.5 Å². The summed E-state index contributed by atoms with van der Waals surface area (Å²) in [6, 6.07) is 5.07. The van der Waals surface area contributed by atoms with Crippen LogP contribution in [-0.4, -0.2) is 18.6 Å². The monoisotopic (exact) mass is 331 g/mol. The van der Waals surface area contributed by atoms with Gasteiger partial charge in [0.25, 0.3) is 5.91 Å². The number of hydrogen-bond donors (Lipinski definition) is 1. The van der Waals surface area contributed by atoms with Gasteiger partial charge < -0.3 is 10.1 Å². The first-order valence-corrected chi connectivity index (χ1v) is 8.01. The molecule has 1 N–H and O–H groups in total. The molecule has 1 atom stereocenters. The molecule has 1 amide bonds. The fraction of sp³-hybridized carbons (Fsp3) is 0.562. The van der Waals surface area contributed by atoms with Gasteiger partial charge in [0, 0.05) is 11.1 Å². The van der Waals surface area contributed by atoms with E-state index in [4.69, 9.17) is 27.9 Å². The minimum absolute atomic E-state index is 0.0458. The topological polar surface area (TPSA) is 38.3 Å². The van der Waals surface area contributed by atoms with Crippen LogP contribution < -0.4 is 10.1 Å². The van der Waals surface area contributed by atoms with E-state index in [0.717, 1.165) is 12.8 Å². The second kappa shape index (κ2) is 9.16. The zero-order valence-electron chi connectivity index (χ0n) is 12.8. The summed E-state index contributed by atoms with van der Waals surface area (Å²) in [5.74, 6) is 1.02. The lowest BCUT2D eigenvalue weighted by atomic mass is 10.0. The molecule has 1 aromatic carbocycles. The maximum absolute atomic E-state index is 11.8. The maximum Gasteiger partial charge on any atom is 0.258 e. The molecule has 0 spiro atoms. The van der Waals surface area contributed by atoms with Crippen molar-refractivity contribution < 1.29 is 9.53 Å². The molecule has 3 nitrogen and oxygen atoms in total. The number of ether oxygens (including phenoxy) is 1. The van der Waals surface area contributed by atoms with Crippen LogP contribution in [-0.2, 0) is 4.79 Å². The second-order valence-electron chi connectivity index (χ2n) is 5.66. The van der Waals surface area contributed by atoms with Crippen LogP contribution in [0, 0.1) is 5.92 Å². The van der Waals surface area contributed by atoms with E-state index < -0.39 is 0 Å². The van der Waals surface area contributed by atoms with Gasteiger partial charge in [0.05, 0.1) is 5.02 Å². The molecule has 5 heteroatoms. The molecule has 1 rings (SSSR count). The van der Waals surface area contributed by atoms with Gasteiger partial charge in [0.15, 0.2) is 6.61 Å². The van der Waals surface area contributed by atoms with Gasteiger partial charge in [0.2, 0.25) is 0 Å². The van der Waals surface area contributed by atoms with E-state index in [-0.39, 0.29) is 18.6 Å². The van der Waals surface area contributed by atoms with Crippen LogP contribution in [0.25, 0.3) is 0 Å². The molecule has 0 aliphatic heterocycles. The highest BCUT2D eigenvalue weighted by Gasteiger charge is 2.10. The number of halogens is 2.